The molecule has 2 heterocycles. The molecule has 0 radical (unpaired) electrons. The van der Waals surface area contributed by atoms with Crippen LogP contribution in [-0.4, -0.2) is 19.3 Å². The van der Waals surface area contributed by atoms with Crippen molar-refractivity contribution in [2.24, 2.45) is 7.05 Å². The first-order chi connectivity index (χ1) is 10.6. The van der Waals surface area contributed by atoms with Crippen molar-refractivity contribution in [1.82, 2.24) is 14.1 Å². The summed E-state index contributed by atoms with van der Waals surface area (Å²) in [7, 11) is 2.02. The van der Waals surface area contributed by atoms with Gasteiger partial charge in [0.1, 0.15) is 17.8 Å². The maximum Gasteiger partial charge on any atom is 0.243 e. The molecular formula is C14H20N6S2. The van der Waals surface area contributed by atoms with Crippen molar-refractivity contribution in [1.29, 1.82) is 5.26 Å². The molecule has 118 valence electrons. The normalized spacial score (nSPS) is 7.55. The fourth-order valence-corrected chi connectivity index (χ4v) is 1.23. The highest BCUT2D eigenvalue weighted by Gasteiger charge is 1.92. The van der Waals surface area contributed by atoms with Gasteiger partial charge >= 0.3 is 0 Å². The van der Waals surface area contributed by atoms with E-state index in [2.05, 4.69) is 60.4 Å². The summed E-state index contributed by atoms with van der Waals surface area (Å²) in [5.74, 6) is 0. The van der Waals surface area contributed by atoms with Gasteiger partial charge in [-0.05, 0) is 6.92 Å². The predicted molar refractivity (Wildman–Crippen MR) is 94.3 cm³/mol. The van der Waals surface area contributed by atoms with E-state index in [4.69, 9.17) is 10.7 Å². The van der Waals surface area contributed by atoms with Crippen LogP contribution in [0.2, 0.25) is 0 Å². The summed E-state index contributed by atoms with van der Waals surface area (Å²) >= 11 is 6.79. The maximum absolute atomic E-state index is 7.18. The number of rotatable bonds is 3. The molecule has 2 aromatic rings. The van der Waals surface area contributed by atoms with Gasteiger partial charge in [-0.25, -0.2) is 14.1 Å². The molecule has 0 aliphatic heterocycles. The highest BCUT2D eigenvalue weighted by atomic mass is 32.1. The molecule has 0 unspecified atom stereocenters. The van der Waals surface area contributed by atoms with Crippen LogP contribution in [0, 0.1) is 10.7 Å². The fourth-order valence-electron chi connectivity index (χ4n) is 1.23. The number of hydrogen-bond acceptors (Lipinski definition) is 4. The molecule has 0 atom stereocenters. The summed E-state index contributed by atoms with van der Waals surface area (Å²) in [6.07, 6.45) is 13.4. The van der Waals surface area contributed by atoms with E-state index in [-0.39, 0.29) is 0 Å². The van der Waals surface area contributed by atoms with Crippen LogP contribution in [0.5, 0.6) is 0 Å². The second-order valence-electron chi connectivity index (χ2n) is 3.65. The number of aryl methyl sites for hydroxylation is 2. The molecule has 0 N–H and O–H groups in total. The van der Waals surface area contributed by atoms with Gasteiger partial charge in [0.05, 0.1) is 19.9 Å². The standard InChI is InChI=1S/C6H11N2.C6H8N2.CHNS.CNS/c1-3-8-5-4-7(2)6-8;1-2-4-8-5-3-7-6-8;2*2-1-3/h4-6H,3H2,1-2H3;2-3,5-6H,1,4H2;3H;/q+1;;;-1. The van der Waals surface area contributed by atoms with Crippen LogP contribution < -0.4 is 4.57 Å². The van der Waals surface area contributed by atoms with Crippen molar-refractivity contribution in [3.8, 4) is 5.40 Å². The second-order valence-corrected chi connectivity index (χ2v) is 4.03. The van der Waals surface area contributed by atoms with E-state index in [1.807, 2.05) is 34.7 Å². The van der Waals surface area contributed by atoms with Gasteiger partial charge in [-0.1, -0.05) is 30.9 Å². The highest BCUT2D eigenvalue weighted by Crippen LogP contribution is 1.83. The summed E-state index contributed by atoms with van der Waals surface area (Å²) in [4.78, 5) is 3.86. The van der Waals surface area contributed by atoms with Crippen LogP contribution >= 0.6 is 24.8 Å². The lowest BCUT2D eigenvalue weighted by atomic mass is 10.6. The highest BCUT2D eigenvalue weighted by molar-refractivity contribution is 7.85. The Morgan fingerprint density at radius 1 is 1.50 bits per heavy atom. The van der Waals surface area contributed by atoms with Crippen molar-refractivity contribution in [2.45, 2.75) is 20.0 Å². The molecule has 0 saturated carbocycles. The Kier molecular flexibility index (Phi) is 16.9. The molecule has 0 spiro atoms. The molecule has 0 aliphatic carbocycles. The average molecular weight is 336 g/mol. The molecule has 6 nitrogen and oxygen atoms in total. The van der Waals surface area contributed by atoms with Gasteiger partial charge in [0, 0.05) is 18.9 Å². The Bertz CT molecular complexity index is 562. The Balaban J connectivity index is 0. The number of hydrogen-bond donors (Lipinski definition) is 1. The van der Waals surface area contributed by atoms with E-state index >= 15 is 0 Å². The zero-order valence-electron chi connectivity index (χ0n) is 12.7. The quantitative estimate of drug-likeness (QED) is 0.234. The van der Waals surface area contributed by atoms with Gasteiger partial charge in [0.15, 0.2) is 0 Å². The molecule has 0 aromatic carbocycles. The maximum atomic E-state index is 7.18. The van der Waals surface area contributed by atoms with E-state index in [1.165, 1.54) is 10.6 Å². The fraction of sp³-hybridized carbons (Fsp3) is 0.286. The van der Waals surface area contributed by atoms with E-state index in [0.29, 0.717) is 0 Å². The first-order valence-corrected chi connectivity index (χ1v) is 7.07. The van der Waals surface area contributed by atoms with Crippen molar-refractivity contribution >= 4 is 30.0 Å². The van der Waals surface area contributed by atoms with Gasteiger partial charge in [-0.2, -0.15) is 10.4 Å². The van der Waals surface area contributed by atoms with Crippen LogP contribution in [0.25, 0.3) is 5.41 Å². The largest absolute Gasteiger partial charge is 0.753 e. The zero-order valence-corrected chi connectivity index (χ0v) is 14.4. The number of nitrogens with zero attached hydrogens (tertiary/aromatic N) is 6. The van der Waals surface area contributed by atoms with Gasteiger partial charge in [-0.3, -0.25) is 0 Å². The van der Waals surface area contributed by atoms with E-state index in [9.17, 15) is 0 Å². The minimum absolute atomic E-state index is 0.847. The van der Waals surface area contributed by atoms with Crippen LogP contribution in [-0.2, 0) is 20.1 Å². The molecule has 0 bridgehead atoms. The number of imidazole rings is 2. The Morgan fingerprint density at radius 3 is 2.36 bits per heavy atom. The average Bonchev–Trinajstić information content (AvgIpc) is 3.13. The molecular weight excluding hydrogens is 316 g/mol. The van der Waals surface area contributed by atoms with Crippen molar-refractivity contribution in [3.05, 3.63) is 55.5 Å². The van der Waals surface area contributed by atoms with Gasteiger partial charge in [-0.15, -0.1) is 6.58 Å². The molecule has 0 saturated heterocycles. The Labute approximate surface area is 142 Å². The van der Waals surface area contributed by atoms with E-state index < -0.39 is 0 Å². The minimum Gasteiger partial charge on any atom is -0.753 e. The number of thiocarbonyl (C=S) groups is 1. The summed E-state index contributed by atoms with van der Waals surface area (Å²) < 4.78 is 6.11. The minimum atomic E-state index is 0.847. The van der Waals surface area contributed by atoms with Crippen molar-refractivity contribution in [3.63, 3.8) is 0 Å². The van der Waals surface area contributed by atoms with Crippen LogP contribution in [0.3, 0.4) is 0 Å². The summed E-state index contributed by atoms with van der Waals surface area (Å²) in [5.41, 5.74) is 0. The molecule has 0 aliphatic rings. The monoisotopic (exact) mass is 336 g/mol. The van der Waals surface area contributed by atoms with Crippen molar-refractivity contribution < 1.29 is 4.57 Å². The topological polar surface area (TPSA) is 72.7 Å². The van der Waals surface area contributed by atoms with Crippen LogP contribution in [0.1, 0.15) is 6.92 Å². The lowest BCUT2D eigenvalue weighted by Gasteiger charge is -1.89. The van der Waals surface area contributed by atoms with Gasteiger partial charge in [0.2, 0.25) is 6.33 Å². The van der Waals surface area contributed by atoms with E-state index in [0.717, 1.165) is 13.1 Å². The van der Waals surface area contributed by atoms with Crippen LogP contribution in [0.15, 0.2) is 50.1 Å². The third-order valence-electron chi connectivity index (χ3n) is 2.09. The smallest absolute Gasteiger partial charge is 0.243 e. The molecule has 0 amide bonds. The third kappa shape index (κ3) is 14.2. The Morgan fingerprint density at radius 2 is 2.09 bits per heavy atom. The predicted octanol–water partition coefficient (Wildman–Crippen LogP) is 2.46. The number of allylic oxidation sites excluding steroid dienone is 1. The first kappa shape index (κ1) is 22.1. The Hall–Kier alpha value is -2.20. The lowest BCUT2D eigenvalue weighted by molar-refractivity contribution is -0.671. The van der Waals surface area contributed by atoms with E-state index in [1.54, 1.807) is 12.5 Å². The molecule has 2 rings (SSSR count). The lowest BCUT2D eigenvalue weighted by Crippen LogP contribution is -2.23. The molecule has 22 heavy (non-hydrogen) atoms. The number of thiocyanates is 1. The number of aromatic nitrogens is 4. The number of thiol groups is 1. The summed E-state index contributed by atoms with van der Waals surface area (Å²) in [6.45, 7) is 7.62. The molecule has 0 fully saturated rings. The molecule has 8 heteroatoms. The van der Waals surface area contributed by atoms with Gasteiger partial charge in [0.25, 0.3) is 0 Å². The first-order valence-electron chi connectivity index (χ1n) is 6.21. The van der Waals surface area contributed by atoms with Crippen LogP contribution in [0.4, 0.5) is 0 Å². The number of isothiocyanates is 1. The SMILES string of the molecule is C=CCn1ccnc1.CCn1cc[n+](C)c1.N#CS.[N-]=C=S. The van der Waals surface area contributed by atoms with Crippen molar-refractivity contribution in [2.75, 3.05) is 0 Å². The summed E-state index contributed by atoms with van der Waals surface area (Å²) in [5, 5.41) is 17.1. The summed E-state index contributed by atoms with van der Waals surface area (Å²) in [6, 6.07) is 0. The van der Waals surface area contributed by atoms with Gasteiger partial charge < -0.3 is 9.98 Å². The second kappa shape index (κ2) is 16.9. The third-order valence-corrected chi connectivity index (χ3v) is 2.09. The zero-order chi connectivity index (χ0) is 17.2. The molecule has 2 aromatic heterocycles. The number of nitriles is 1.